The first-order valence-electron chi connectivity index (χ1n) is 4.63. The number of hydrogen-bond donors (Lipinski definition) is 2. The number of carbonyl (C=O) groups excluding carboxylic acids is 1. The molecule has 1 amide bonds. The number of ether oxygens (including phenoxy) is 2. The maximum Gasteiger partial charge on any atom is 0.522 e. The smallest absolute Gasteiger partial charge is 0.383 e. The van der Waals surface area contributed by atoms with Crippen LogP contribution in [0.4, 0.5) is 13.2 Å². The van der Waals surface area contributed by atoms with Gasteiger partial charge < -0.3 is 15.4 Å². The molecule has 0 radical (unpaired) electrons. The largest absolute Gasteiger partial charge is 0.522 e. The minimum atomic E-state index is -4.62. The second-order valence-corrected chi connectivity index (χ2v) is 2.81. The molecule has 8 heteroatoms. The second kappa shape index (κ2) is 8.31. The molecular formula is C8H15F3N2O3. The molecular weight excluding hydrogens is 229 g/mol. The lowest BCUT2D eigenvalue weighted by Gasteiger charge is -2.08. The fourth-order valence-corrected chi connectivity index (χ4v) is 0.796. The van der Waals surface area contributed by atoms with Gasteiger partial charge in [-0.2, -0.15) is 0 Å². The van der Waals surface area contributed by atoms with E-state index in [-0.39, 0.29) is 19.0 Å². The lowest BCUT2D eigenvalue weighted by molar-refractivity contribution is -0.323. The van der Waals surface area contributed by atoms with Crippen LogP contribution < -0.4 is 10.6 Å². The molecule has 0 rings (SSSR count). The number of halogens is 3. The van der Waals surface area contributed by atoms with Crippen LogP contribution in [0.5, 0.6) is 0 Å². The van der Waals surface area contributed by atoms with Crippen LogP contribution in [-0.2, 0) is 14.3 Å². The van der Waals surface area contributed by atoms with Crippen molar-refractivity contribution in [1.29, 1.82) is 0 Å². The van der Waals surface area contributed by atoms with Crippen molar-refractivity contribution in [3.8, 4) is 0 Å². The van der Waals surface area contributed by atoms with Gasteiger partial charge >= 0.3 is 6.36 Å². The van der Waals surface area contributed by atoms with Gasteiger partial charge in [0.25, 0.3) is 0 Å². The predicted molar refractivity (Wildman–Crippen MR) is 49.8 cm³/mol. The standard InChI is InChI=1S/C8H15F3N2O3/c1-15-4-3-13-7(14)6-12-2-5-16-8(9,10)11/h12H,2-6H2,1H3,(H,13,14). The fraction of sp³-hybridized carbons (Fsp3) is 0.875. The topological polar surface area (TPSA) is 59.6 Å². The van der Waals surface area contributed by atoms with Gasteiger partial charge in [-0.1, -0.05) is 0 Å². The van der Waals surface area contributed by atoms with Gasteiger partial charge in [0.05, 0.1) is 19.8 Å². The Hall–Kier alpha value is -0.860. The second-order valence-electron chi connectivity index (χ2n) is 2.81. The summed E-state index contributed by atoms with van der Waals surface area (Å²) in [6, 6.07) is 0. The highest BCUT2D eigenvalue weighted by Gasteiger charge is 2.28. The van der Waals surface area contributed by atoms with Gasteiger partial charge in [0.1, 0.15) is 0 Å². The Morgan fingerprint density at radius 3 is 2.50 bits per heavy atom. The number of amides is 1. The highest BCUT2D eigenvalue weighted by atomic mass is 19.4. The maximum absolute atomic E-state index is 11.5. The first-order chi connectivity index (χ1) is 7.45. The first kappa shape index (κ1) is 15.1. The minimum absolute atomic E-state index is 0.0444. The molecule has 2 N–H and O–H groups in total. The van der Waals surface area contributed by atoms with Crippen LogP contribution in [0.2, 0.25) is 0 Å². The summed E-state index contributed by atoms with van der Waals surface area (Å²) in [5, 5.41) is 5.01. The number of rotatable bonds is 8. The summed E-state index contributed by atoms with van der Waals surface area (Å²) in [6.07, 6.45) is -4.62. The molecule has 0 heterocycles. The molecule has 0 unspecified atom stereocenters. The molecule has 0 aromatic carbocycles. The third-order valence-corrected chi connectivity index (χ3v) is 1.46. The zero-order chi connectivity index (χ0) is 12.4. The number of alkyl halides is 3. The summed E-state index contributed by atoms with van der Waals surface area (Å²) in [4.78, 5) is 11.0. The molecule has 0 fully saturated rings. The molecule has 5 nitrogen and oxygen atoms in total. The summed E-state index contributed by atoms with van der Waals surface area (Å²) < 4.78 is 42.7. The van der Waals surface area contributed by atoms with Crippen molar-refractivity contribution in [3.05, 3.63) is 0 Å². The summed E-state index contributed by atoms with van der Waals surface area (Å²) in [5.41, 5.74) is 0. The van der Waals surface area contributed by atoms with Crippen molar-refractivity contribution in [3.63, 3.8) is 0 Å². The molecule has 0 spiro atoms. The highest BCUT2D eigenvalue weighted by Crippen LogP contribution is 2.14. The Balaban J connectivity index is 3.28. The third-order valence-electron chi connectivity index (χ3n) is 1.46. The molecule has 0 saturated heterocycles. The van der Waals surface area contributed by atoms with Gasteiger partial charge in [0.2, 0.25) is 5.91 Å². The Bertz CT molecular complexity index is 199. The monoisotopic (exact) mass is 244 g/mol. The van der Waals surface area contributed by atoms with Crippen molar-refractivity contribution < 1.29 is 27.4 Å². The number of hydrogen-bond acceptors (Lipinski definition) is 4. The van der Waals surface area contributed by atoms with E-state index in [4.69, 9.17) is 4.74 Å². The van der Waals surface area contributed by atoms with E-state index in [0.717, 1.165) is 0 Å². The Labute approximate surface area is 91.3 Å². The van der Waals surface area contributed by atoms with E-state index in [0.29, 0.717) is 13.2 Å². The zero-order valence-electron chi connectivity index (χ0n) is 8.89. The Kier molecular flexibility index (Phi) is 7.86. The molecule has 0 bridgehead atoms. The van der Waals surface area contributed by atoms with Crippen molar-refractivity contribution in [2.75, 3.05) is 40.0 Å². The van der Waals surface area contributed by atoms with Crippen LogP contribution in [0, 0.1) is 0 Å². The van der Waals surface area contributed by atoms with Gasteiger partial charge in [-0.25, -0.2) is 0 Å². The molecule has 16 heavy (non-hydrogen) atoms. The lowest BCUT2D eigenvalue weighted by atomic mass is 10.5. The van der Waals surface area contributed by atoms with Crippen LogP contribution >= 0.6 is 0 Å². The van der Waals surface area contributed by atoms with E-state index >= 15 is 0 Å². The van der Waals surface area contributed by atoms with Gasteiger partial charge in [0, 0.05) is 20.2 Å². The molecule has 0 aliphatic carbocycles. The van der Waals surface area contributed by atoms with Gasteiger partial charge in [-0.05, 0) is 0 Å². The normalized spacial score (nSPS) is 11.5. The van der Waals surface area contributed by atoms with Gasteiger partial charge in [-0.3, -0.25) is 9.53 Å². The maximum atomic E-state index is 11.5. The van der Waals surface area contributed by atoms with Crippen molar-refractivity contribution in [1.82, 2.24) is 10.6 Å². The highest BCUT2D eigenvalue weighted by molar-refractivity contribution is 5.77. The van der Waals surface area contributed by atoms with E-state index in [1.54, 1.807) is 0 Å². The molecule has 0 atom stereocenters. The van der Waals surface area contributed by atoms with E-state index in [2.05, 4.69) is 15.4 Å². The molecule has 0 aliphatic rings. The third kappa shape index (κ3) is 11.2. The first-order valence-corrected chi connectivity index (χ1v) is 4.63. The van der Waals surface area contributed by atoms with Crippen LogP contribution in [0.15, 0.2) is 0 Å². The lowest BCUT2D eigenvalue weighted by Crippen LogP contribution is -2.37. The SMILES string of the molecule is COCCNC(=O)CNCCOC(F)(F)F. The van der Waals surface area contributed by atoms with Crippen molar-refractivity contribution >= 4 is 5.91 Å². The van der Waals surface area contributed by atoms with E-state index in [1.165, 1.54) is 7.11 Å². The molecule has 96 valence electrons. The Morgan fingerprint density at radius 2 is 1.94 bits per heavy atom. The summed E-state index contributed by atoms with van der Waals surface area (Å²) in [6.45, 7) is 0.149. The van der Waals surface area contributed by atoms with Crippen LogP contribution in [0.3, 0.4) is 0 Å². The average Bonchev–Trinajstić information content (AvgIpc) is 2.16. The Morgan fingerprint density at radius 1 is 1.25 bits per heavy atom. The van der Waals surface area contributed by atoms with Crippen LogP contribution in [-0.4, -0.2) is 52.2 Å². The summed E-state index contributed by atoms with van der Waals surface area (Å²) in [5.74, 6) is -0.302. The predicted octanol–water partition coefficient (Wildman–Crippen LogP) is -0.125. The van der Waals surface area contributed by atoms with Crippen LogP contribution in [0.1, 0.15) is 0 Å². The molecule has 0 aromatic heterocycles. The number of nitrogens with one attached hydrogen (secondary N) is 2. The van der Waals surface area contributed by atoms with Gasteiger partial charge in [-0.15, -0.1) is 13.2 Å². The van der Waals surface area contributed by atoms with Crippen molar-refractivity contribution in [2.24, 2.45) is 0 Å². The van der Waals surface area contributed by atoms with E-state index < -0.39 is 13.0 Å². The molecule has 0 aliphatic heterocycles. The van der Waals surface area contributed by atoms with Crippen LogP contribution in [0.25, 0.3) is 0 Å². The molecule has 0 aromatic rings. The quantitative estimate of drug-likeness (QED) is 0.584. The van der Waals surface area contributed by atoms with E-state index in [9.17, 15) is 18.0 Å². The average molecular weight is 244 g/mol. The fourth-order valence-electron chi connectivity index (χ4n) is 0.796. The van der Waals surface area contributed by atoms with E-state index in [1.807, 2.05) is 0 Å². The molecule has 0 saturated carbocycles. The van der Waals surface area contributed by atoms with Gasteiger partial charge in [0.15, 0.2) is 0 Å². The van der Waals surface area contributed by atoms with Crippen molar-refractivity contribution in [2.45, 2.75) is 6.36 Å². The summed E-state index contributed by atoms with van der Waals surface area (Å²) >= 11 is 0. The number of methoxy groups -OCH3 is 1. The minimum Gasteiger partial charge on any atom is -0.383 e. The zero-order valence-corrected chi connectivity index (χ0v) is 8.89. The summed E-state index contributed by atoms with van der Waals surface area (Å²) in [7, 11) is 1.50. The number of carbonyl (C=O) groups is 1.